The van der Waals surface area contributed by atoms with Crippen LogP contribution < -0.4 is 16.9 Å². The van der Waals surface area contributed by atoms with E-state index in [0.29, 0.717) is 24.3 Å². The number of carboxylic acid groups (broad SMARTS) is 1. The molecular formula is C29H33N9O12S2. The SMILES string of the molecule is CC(C)(O/N=C(\C(=O)C[C@H]1CN(C(=O)CS(=O)(=O)n2nc(-c3cc(=O)c(O)c[nH]3)n(CCCN3CCCC3=O)c2=O)C1=O)c1csc(N)n1)C(=O)O. The molecule has 23 heteroatoms. The fourth-order valence-corrected chi connectivity index (χ4v) is 6.91. The molecule has 5 heterocycles. The molecule has 0 radical (unpaired) electrons. The molecule has 1 atom stereocenters. The number of carbonyl (C=O) groups excluding carboxylic acids is 4. The largest absolute Gasteiger partial charge is 0.503 e. The summed E-state index contributed by atoms with van der Waals surface area (Å²) >= 11 is 0.963. The van der Waals surface area contributed by atoms with Crippen LogP contribution in [0, 0.1) is 5.92 Å². The normalized spacial score (nSPS) is 16.7. The summed E-state index contributed by atoms with van der Waals surface area (Å²) in [5, 5.41) is 28.0. The highest BCUT2D eigenvalue weighted by Crippen LogP contribution is 2.25. The lowest BCUT2D eigenvalue weighted by Crippen LogP contribution is -2.57. The van der Waals surface area contributed by atoms with Crippen LogP contribution in [0.25, 0.3) is 11.5 Å². The van der Waals surface area contributed by atoms with Crippen molar-refractivity contribution in [1.29, 1.82) is 0 Å². The lowest BCUT2D eigenvalue weighted by molar-refractivity contribution is -0.161. The number of Topliss-reactive ketones (excluding diaryl/α,β-unsaturated/α-hetero) is 1. The van der Waals surface area contributed by atoms with Gasteiger partial charge in [0.25, 0.3) is 10.0 Å². The van der Waals surface area contributed by atoms with Crippen LogP contribution in [0.5, 0.6) is 5.75 Å². The second-order valence-corrected chi connectivity index (χ2v) is 15.1. The molecule has 0 aromatic carbocycles. The van der Waals surface area contributed by atoms with Crippen molar-refractivity contribution >= 4 is 61.7 Å². The summed E-state index contributed by atoms with van der Waals surface area (Å²) in [7, 11) is -4.87. The van der Waals surface area contributed by atoms with Crippen LogP contribution in [0.1, 0.15) is 45.2 Å². The third-order valence-electron chi connectivity index (χ3n) is 8.18. The number of aromatic nitrogens is 5. The number of nitrogens with two attached hydrogens (primary N) is 1. The Morgan fingerprint density at radius 2 is 1.92 bits per heavy atom. The Kier molecular flexibility index (Phi) is 10.5. The zero-order valence-corrected chi connectivity index (χ0v) is 29.3. The number of H-pyrrole nitrogens is 1. The van der Waals surface area contributed by atoms with Gasteiger partial charge in [0.2, 0.25) is 28.8 Å². The number of thiazole rings is 1. The minimum Gasteiger partial charge on any atom is -0.503 e. The first kappa shape index (κ1) is 37.5. The molecule has 21 nitrogen and oxygen atoms in total. The lowest BCUT2D eigenvalue weighted by Gasteiger charge is -2.36. The molecule has 0 bridgehead atoms. The number of aromatic hydroxyl groups is 1. The number of carbonyl (C=O) groups is 5. The number of ketones is 1. The molecule has 2 fully saturated rings. The van der Waals surface area contributed by atoms with Gasteiger partial charge < -0.3 is 30.7 Å². The van der Waals surface area contributed by atoms with E-state index in [1.165, 1.54) is 19.2 Å². The van der Waals surface area contributed by atoms with Gasteiger partial charge in [0.15, 0.2) is 34.0 Å². The van der Waals surface area contributed by atoms with Gasteiger partial charge in [-0.1, -0.05) is 5.16 Å². The number of aromatic amines is 1. The number of nitrogens with zero attached hydrogens (tertiary/aromatic N) is 7. The Morgan fingerprint density at radius 1 is 1.19 bits per heavy atom. The number of β-lactam (4-membered cyclic amide) rings is 1. The molecule has 278 valence electrons. The first-order valence-corrected chi connectivity index (χ1v) is 18.1. The first-order valence-electron chi connectivity index (χ1n) is 15.6. The molecular weight excluding hydrogens is 731 g/mol. The van der Waals surface area contributed by atoms with E-state index < -0.39 is 79.9 Å². The van der Waals surface area contributed by atoms with Crippen LogP contribution in [-0.4, -0.2) is 118 Å². The topological polar surface area (TPSA) is 300 Å². The van der Waals surface area contributed by atoms with Gasteiger partial charge in [0.1, 0.15) is 5.69 Å². The molecule has 0 aliphatic carbocycles. The minimum absolute atomic E-state index is 0.0374. The fourth-order valence-electron chi connectivity index (χ4n) is 5.24. The van der Waals surface area contributed by atoms with Gasteiger partial charge in [-0.05, 0) is 26.7 Å². The van der Waals surface area contributed by atoms with Crippen LogP contribution in [0.15, 0.2) is 32.4 Å². The summed E-state index contributed by atoms with van der Waals surface area (Å²) < 4.78 is 27.8. The standard InChI is InChI=1S/C29H33N9O12S2/c1-29(2,26(45)46)50-34-23(17-13-51-27(30)32-17)19(40)9-15-12-37(25(15)44)22(43)14-52(48,49)38-28(47)36(8-4-7-35-6-3-5-21(35)42)24(33-38)16-10-18(39)20(41)11-31-16/h10-11,13,15,41H,3-9,12,14H2,1-2H3,(H2,30,32)(H,31,39)(H,45,46)/b34-23-/t15-/m0/s1. The molecule has 0 saturated carbocycles. The number of hydrogen-bond donors (Lipinski definition) is 4. The maximum atomic E-state index is 13.4. The van der Waals surface area contributed by atoms with Crippen molar-refractivity contribution in [2.75, 3.05) is 31.1 Å². The van der Waals surface area contributed by atoms with E-state index in [1.807, 2.05) is 0 Å². The van der Waals surface area contributed by atoms with Crippen LogP contribution in [0.4, 0.5) is 5.13 Å². The van der Waals surface area contributed by atoms with Crippen molar-refractivity contribution in [1.82, 2.24) is 33.5 Å². The number of pyridine rings is 1. The number of hydrogen-bond acceptors (Lipinski definition) is 16. The van der Waals surface area contributed by atoms with Crippen molar-refractivity contribution in [2.45, 2.75) is 51.7 Å². The van der Waals surface area contributed by atoms with E-state index in [9.17, 15) is 52.2 Å². The summed E-state index contributed by atoms with van der Waals surface area (Å²) in [6, 6.07) is 0.901. The van der Waals surface area contributed by atoms with Crippen molar-refractivity contribution in [3.8, 4) is 17.3 Å². The Labute approximate surface area is 297 Å². The summed E-state index contributed by atoms with van der Waals surface area (Å²) in [5.41, 5.74) is 1.21. The number of nitrogen functional groups attached to an aromatic ring is 1. The van der Waals surface area contributed by atoms with Crippen LogP contribution in [-0.2, 0) is 45.4 Å². The molecule has 2 aliphatic rings. The average molecular weight is 764 g/mol. The van der Waals surface area contributed by atoms with E-state index in [4.69, 9.17) is 10.6 Å². The Morgan fingerprint density at radius 3 is 2.52 bits per heavy atom. The van der Waals surface area contributed by atoms with Gasteiger partial charge in [-0.3, -0.25) is 33.4 Å². The average Bonchev–Trinajstić information content (AvgIpc) is 3.78. The minimum atomic E-state index is -4.87. The maximum Gasteiger partial charge on any atom is 0.360 e. The Bertz CT molecular complexity index is 2220. The molecule has 5 rings (SSSR count). The van der Waals surface area contributed by atoms with Gasteiger partial charge in [0, 0.05) is 56.7 Å². The monoisotopic (exact) mass is 763 g/mol. The number of likely N-dealkylation sites (tertiary alicyclic amines) is 2. The molecule has 52 heavy (non-hydrogen) atoms. The number of anilines is 1. The number of imide groups is 1. The second-order valence-electron chi connectivity index (χ2n) is 12.4. The van der Waals surface area contributed by atoms with E-state index in [0.717, 1.165) is 28.2 Å². The summed E-state index contributed by atoms with van der Waals surface area (Å²) in [6.45, 7) is 2.66. The number of nitrogens with one attached hydrogen (secondary N) is 1. The smallest absolute Gasteiger partial charge is 0.360 e. The van der Waals surface area contributed by atoms with Crippen molar-refractivity contribution in [2.24, 2.45) is 11.1 Å². The maximum absolute atomic E-state index is 13.4. The fraction of sp³-hybridized carbons (Fsp3) is 0.448. The quantitative estimate of drug-likeness (QED) is 0.0783. The summed E-state index contributed by atoms with van der Waals surface area (Å²) in [4.78, 5) is 102. The number of oxime groups is 1. The highest BCUT2D eigenvalue weighted by Gasteiger charge is 2.44. The predicted octanol–water partition coefficient (Wildman–Crippen LogP) is -1.44. The molecule has 3 aromatic heterocycles. The van der Waals surface area contributed by atoms with Crippen LogP contribution in [0.2, 0.25) is 0 Å². The molecule has 2 aliphatic heterocycles. The van der Waals surface area contributed by atoms with E-state index in [1.54, 1.807) is 4.90 Å². The zero-order chi connectivity index (χ0) is 38.1. The molecule has 5 N–H and O–H groups in total. The molecule has 0 spiro atoms. The van der Waals surface area contributed by atoms with Crippen molar-refractivity contribution < 1.29 is 47.4 Å². The highest BCUT2D eigenvalue weighted by atomic mass is 32.2. The van der Waals surface area contributed by atoms with Gasteiger partial charge in [-0.2, -0.15) is 0 Å². The van der Waals surface area contributed by atoms with Crippen LogP contribution in [0.3, 0.4) is 0 Å². The molecule has 3 amide bonds. The Balaban J connectivity index is 1.30. The number of amides is 3. The molecule has 0 unspecified atom stereocenters. The second kappa shape index (κ2) is 14.5. The number of carboxylic acids is 1. The third kappa shape index (κ3) is 7.78. The van der Waals surface area contributed by atoms with E-state index in [-0.39, 0.29) is 58.4 Å². The van der Waals surface area contributed by atoms with Crippen molar-refractivity contribution in [3.05, 3.63) is 44.0 Å². The first-order chi connectivity index (χ1) is 24.4. The molecule has 2 saturated heterocycles. The number of aliphatic carboxylic acids is 1. The third-order valence-corrected chi connectivity index (χ3v) is 10.2. The molecule has 3 aromatic rings. The zero-order valence-electron chi connectivity index (χ0n) is 27.7. The van der Waals surface area contributed by atoms with E-state index in [2.05, 4.69) is 20.2 Å². The predicted molar refractivity (Wildman–Crippen MR) is 180 cm³/mol. The number of rotatable bonds is 15. The van der Waals surface area contributed by atoms with Gasteiger partial charge in [0.05, 0.1) is 11.6 Å². The van der Waals surface area contributed by atoms with Gasteiger partial charge in [-0.25, -0.2) is 23.0 Å². The summed E-state index contributed by atoms with van der Waals surface area (Å²) in [6.07, 6.45) is 1.68. The summed E-state index contributed by atoms with van der Waals surface area (Å²) in [5.74, 6) is -7.75. The van der Waals surface area contributed by atoms with E-state index >= 15 is 0 Å². The highest BCUT2D eigenvalue weighted by molar-refractivity contribution is 7.90. The van der Waals surface area contributed by atoms with Crippen molar-refractivity contribution in [3.63, 3.8) is 0 Å². The van der Waals surface area contributed by atoms with Gasteiger partial charge >= 0.3 is 11.7 Å². The lowest BCUT2D eigenvalue weighted by atomic mass is 9.91. The van der Waals surface area contributed by atoms with Crippen LogP contribution >= 0.6 is 11.3 Å². The van der Waals surface area contributed by atoms with Gasteiger partial charge in [-0.15, -0.1) is 20.5 Å². The Hall–Kier alpha value is -5.71.